The van der Waals surface area contributed by atoms with Gasteiger partial charge in [-0.3, -0.25) is 0 Å². The van der Waals surface area contributed by atoms with E-state index in [0.29, 0.717) is 13.2 Å². The molecular formula is C36H79NO3P2. The van der Waals surface area contributed by atoms with Gasteiger partial charge < -0.3 is 0 Å². The summed E-state index contributed by atoms with van der Waals surface area (Å²) in [5, 5.41) is 0. The first kappa shape index (κ1) is 42.5. The van der Waals surface area contributed by atoms with E-state index in [9.17, 15) is 4.57 Å². The van der Waals surface area contributed by atoms with Gasteiger partial charge in [0, 0.05) is 0 Å². The Balaban J connectivity index is 4.38. The second-order valence-corrected chi connectivity index (χ2v) is 21.8. The SMILES string of the molecule is CCCCCCCCCCCCCCOP(=O)(OCC[PH](C)(C)C)N(CCC)CCCCCCCCCCCCCC. The van der Waals surface area contributed by atoms with Crippen molar-refractivity contribution in [3.63, 3.8) is 0 Å². The summed E-state index contributed by atoms with van der Waals surface area (Å²) in [7, 11) is -4.50. The predicted molar refractivity (Wildman–Crippen MR) is 194 cm³/mol. The average molecular weight is 636 g/mol. The molecule has 0 aromatic rings. The van der Waals surface area contributed by atoms with E-state index in [2.05, 4.69) is 45.4 Å². The first-order valence-electron chi connectivity index (χ1n) is 18.9. The van der Waals surface area contributed by atoms with Gasteiger partial charge in [-0.15, -0.1) is 0 Å². The van der Waals surface area contributed by atoms with E-state index in [-0.39, 0.29) is 0 Å². The minimum Gasteiger partial charge on any atom is -0.0654 e. The standard InChI is InChI=1S/C36H79NO3P2/c1-7-10-12-14-16-18-20-22-24-26-28-30-33-37(32-9-3)42(38,40-35-36-41(4,5)6)39-34-31-29-27-25-23-21-19-17-15-13-11-8-2/h41H,7-36H2,1-6H3. The summed E-state index contributed by atoms with van der Waals surface area (Å²) in [6.45, 7) is 16.5. The molecule has 0 aliphatic carbocycles. The van der Waals surface area contributed by atoms with Crippen molar-refractivity contribution in [3.05, 3.63) is 0 Å². The van der Waals surface area contributed by atoms with Gasteiger partial charge in [0.2, 0.25) is 0 Å². The van der Waals surface area contributed by atoms with Crippen molar-refractivity contribution in [1.82, 2.24) is 4.67 Å². The van der Waals surface area contributed by atoms with Crippen LogP contribution < -0.4 is 0 Å². The van der Waals surface area contributed by atoms with E-state index in [1.165, 1.54) is 135 Å². The van der Waals surface area contributed by atoms with Crippen molar-refractivity contribution >= 4 is 15.0 Å². The van der Waals surface area contributed by atoms with Crippen molar-refractivity contribution in [3.8, 4) is 0 Å². The second kappa shape index (κ2) is 30.2. The van der Waals surface area contributed by atoms with Crippen LogP contribution in [0, 0.1) is 0 Å². The molecular weight excluding hydrogens is 556 g/mol. The van der Waals surface area contributed by atoms with Crippen LogP contribution in [0.1, 0.15) is 181 Å². The summed E-state index contributed by atoms with van der Waals surface area (Å²) < 4.78 is 28.6. The molecule has 0 saturated heterocycles. The molecule has 0 aliphatic heterocycles. The number of rotatable bonds is 34. The normalized spacial score (nSPS) is 14.1. The number of hydrogen-bond acceptors (Lipinski definition) is 3. The van der Waals surface area contributed by atoms with Gasteiger partial charge in [-0.1, -0.05) is 90.9 Å². The molecule has 0 fully saturated rings. The van der Waals surface area contributed by atoms with Crippen LogP contribution in [0.3, 0.4) is 0 Å². The van der Waals surface area contributed by atoms with Gasteiger partial charge >= 0.3 is 176 Å². The number of nitrogens with zero attached hydrogens (tertiary/aromatic N) is 1. The Kier molecular flexibility index (Phi) is 30.6. The average Bonchev–Trinajstić information content (AvgIpc) is 2.94. The summed E-state index contributed by atoms with van der Waals surface area (Å²) in [6.07, 6.45) is 33.9. The maximum absolute atomic E-state index is 14.1. The van der Waals surface area contributed by atoms with Crippen LogP contribution in [-0.4, -0.2) is 57.1 Å². The molecule has 42 heavy (non-hydrogen) atoms. The molecule has 1 atom stereocenters. The summed E-state index contributed by atoms with van der Waals surface area (Å²) in [5.41, 5.74) is 0. The zero-order valence-corrected chi connectivity index (χ0v) is 31.7. The minimum absolute atomic E-state index is 0.556. The first-order chi connectivity index (χ1) is 20.3. The molecule has 0 aromatic carbocycles. The third kappa shape index (κ3) is 28.0. The van der Waals surface area contributed by atoms with Crippen molar-refractivity contribution in [2.24, 2.45) is 0 Å². The zero-order chi connectivity index (χ0) is 31.2. The van der Waals surface area contributed by atoms with Crippen molar-refractivity contribution in [2.45, 2.75) is 181 Å². The molecule has 0 saturated carbocycles. The van der Waals surface area contributed by atoms with E-state index in [1.54, 1.807) is 0 Å². The third-order valence-corrected chi connectivity index (χ3v) is 12.3. The Hall–Kier alpha value is 0.540. The van der Waals surface area contributed by atoms with Crippen molar-refractivity contribution in [2.75, 3.05) is 52.5 Å². The molecule has 0 bridgehead atoms. The van der Waals surface area contributed by atoms with E-state index in [4.69, 9.17) is 9.05 Å². The van der Waals surface area contributed by atoms with E-state index < -0.39 is 15.0 Å². The van der Waals surface area contributed by atoms with Crippen LogP contribution in [0.25, 0.3) is 0 Å². The molecule has 0 radical (unpaired) electrons. The molecule has 256 valence electrons. The van der Waals surface area contributed by atoms with E-state index >= 15 is 0 Å². The van der Waals surface area contributed by atoms with Gasteiger partial charge in [0.1, 0.15) is 0 Å². The van der Waals surface area contributed by atoms with E-state index in [0.717, 1.165) is 44.9 Å². The molecule has 0 N–H and O–H groups in total. The summed E-state index contributed by atoms with van der Waals surface area (Å²) >= 11 is 0. The fraction of sp³-hybridized carbons (Fsp3) is 1.00. The molecule has 0 amide bonds. The van der Waals surface area contributed by atoms with Crippen LogP contribution in [0.2, 0.25) is 0 Å². The van der Waals surface area contributed by atoms with E-state index in [1.807, 2.05) is 0 Å². The summed E-state index contributed by atoms with van der Waals surface area (Å²) in [5.74, 6) is 0. The van der Waals surface area contributed by atoms with Gasteiger partial charge in [-0.05, 0) is 0 Å². The van der Waals surface area contributed by atoms with Crippen molar-refractivity contribution < 1.29 is 13.6 Å². The third-order valence-electron chi connectivity index (χ3n) is 8.46. The second-order valence-electron chi connectivity index (χ2n) is 14.2. The Labute approximate surface area is 266 Å². The summed E-state index contributed by atoms with van der Waals surface area (Å²) in [6, 6.07) is 0. The van der Waals surface area contributed by atoms with Gasteiger partial charge in [-0.2, -0.15) is 0 Å². The Morgan fingerprint density at radius 2 is 0.810 bits per heavy atom. The van der Waals surface area contributed by atoms with Crippen LogP contribution in [0.15, 0.2) is 0 Å². The molecule has 0 rings (SSSR count). The topological polar surface area (TPSA) is 38.8 Å². The molecule has 0 aromatic heterocycles. The monoisotopic (exact) mass is 636 g/mol. The fourth-order valence-electron chi connectivity index (χ4n) is 5.54. The molecule has 1 unspecified atom stereocenters. The van der Waals surface area contributed by atoms with Gasteiger partial charge in [-0.25, -0.2) is 0 Å². The maximum atomic E-state index is 14.1. The molecule has 0 spiro atoms. The smallest absolute Gasteiger partial charge is 0.0654 e. The van der Waals surface area contributed by atoms with Gasteiger partial charge in [0.15, 0.2) is 0 Å². The fourth-order valence-corrected chi connectivity index (χ4v) is 8.34. The Morgan fingerprint density at radius 3 is 1.19 bits per heavy atom. The van der Waals surface area contributed by atoms with Crippen molar-refractivity contribution in [1.29, 1.82) is 0 Å². The molecule has 0 aliphatic rings. The summed E-state index contributed by atoms with van der Waals surface area (Å²) in [4.78, 5) is 0. The Bertz CT molecular complexity index is 597. The van der Waals surface area contributed by atoms with Crippen LogP contribution in [-0.2, 0) is 13.6 Å². The van der Waals surface area contributed by atoms with Crippen LogP contribution in [0.4, 0.5) is 0 Å². The van der Waals surface area contributed by atoms with Gasteiger partial charge in [0.05, 0.1) is 0 Å². The predicted octanol–water partition coefficient (Wildman–Crippen LogP) is 12.9. The minimum atomic E-state index is -3.24. The molecule has 4 nitrogen and oxygen atoms in total. The van der Waals surface area contributed by atoms with Gasteiger partial charge in [0.25, 0.3) is 0 Å². The quantitative estimate of drug-likeness (QED) is 0.0521. The number of hydrogen-bond donors (Lipinski definition) is 0. The van der Waals surface area contributed by atoms with Crippen LogP contribution in [0.5, 0.6) is 0 Å². The Morgan fingerprint density at radius 1 is 0.452 bits per heavy atom. The van der Waals surface area contributed by atoms with Crippen LogP contribution >= 0.6 is 15.0 Å². The first-order valence-corrected chi connectivity index (χ1v) is 24.1. The zero-order valence-electron chi connectivity index (χ0n) is 29.8. The molecule has 0 heterocycles. The number of unbranched alkanes of at least 4 members (excludes halogenated alkanes) is 22. The molecule has 6 heteroatoms.